The highest BCUT2D eigenvalue weighted by molar-refractivity contribution is 7.90. The molecule has 0 aliphatic rings. The lowest BCUT2D eigenvalue weighted by atomic mass is 10.4. The number of halogens is 3. The SMILES string of the molecule is O=C(O)CCNS(=O)(=O)c1ccc(S(=O)(=O)NCC(F)(F)F)cc1. The minimum absolute atomic E-state index is 0.359. The van der Waals surface area contributed by atoms with Crippen LogP contribution in [0.15, 0.2) is 34.1 Å². The normalized spacial score (nSPS) is 13.0. The largest absolute Gasteiger partial charge is 0.481 e. The maximum atomic E-state index is 12.0. The van der Waals surface area contributed by atoms with Crippen LogP contribution in [0.3, 0.4) is 0 Å². The van der Waals surface area contributed by atoms with Gasteiger partial charge in [-0.05, 0) is 24.3 Å². The molecule has 3 N–H and O–H groups in total. The maximum absolute atomic E-state index is 12.0. The third kappa shape index (κ3) is 6.43. The Morgan fingerprint density at radius 1 is 0.958 bits per heavy atom. The number of alkyl halides is 3. The van der Waals surface area contributed by atoms with Gasteiger partial charge >= 0.3 is 12.1 Å². The molecular formula is C11H13F3N2O6S2. The molecule has 0 bridgehead atoms. The molecule has 0 unspecified atom stereocenters. The lowest BCUT2D eigenvalue weighted by molar-refractivity contribution is -0.136. The van der Waals surface area contributed by atoms with E-state index in [1.807, 2.05) is 4.72 Å². The first-order valence-corrected chi connectivity index (χ1v) is 9.18. The zero-order valence-corrected chi connectivity index (χ0v) is 13.5. The van der Waals surface area contributed by atoms with Crippen LogP contribution in [0.4, 0.5) is 13.2 Å². The van der Waals surface area contributed by atoms with Gasteiger partial charge in [0.05, 0.1) is 16.2 Å². The van der Waals surface area contributed by atoms with Crippen LogP contribution in [-0.4, -0.2) is 47.2 Å². The predicted octanol–water partition coefficient (Wildman–Crippen LogP) is 0.280. The molecule has 24 heavy (non-hydrogen) atoms. The Morgan fingerprint density at radius 2 is 1.38 bits per heavy atom. The van der Waals surface area contributed by atoms with E-state index in [0.29, 0.717) is 0 Å². The summed E-state index contributed by atoms with van der Waals surface area (Å²) in [6, 6.07) is 3.41. The molecule has 13 heteroatoms. The summed E-state index contributed by atoms with van der Waals surface area (Å²) in [5.41, 5.74) is 0. The highest BCUT2D eigenvalue weighted by Crippen LogP contribution is 2.17. The standard InChI is InChI=1S/C11H13F3N2O6S2/c12-11(13,14)7-16-24(21,22)9-3-1-8(2-4-9)23(19,20)15-6-5-10(17)18/h1-4,15-16H,5-7H2,(H,17,18). The molecule has 1 aromatic carbocycles. The number of aliphatic carboxylic acids is 1. The van der Waals surface area contributed by atoms with Gasteiger partial charge in [0.1, 0.15) is 6.54 Å². The van der Waals surface area contributed by atoms with Crippen LogP contribution in [0, 0.1) is 0 Å². The van der Waals surface area contributed by atoms with Crippen LogP contribution in [-0.2, 0) is 24.8 Å². The molecule has 0 atom stereocenters. The minimum atomic E-state index is -4.73. The first kappa shape index (κ1) is 20.3. The fraction of sp³-hybridized carbons (Fsp3) is 0.364. The first-order valence-electron chi connectivity index (χ1n) is 6.21. The Balaban J connectivity index is 2.86. The molecule has 0 aliphatic carbocycles. The molecule has 0 saturated heterocycles. The van der Waals surface area contributed by atoms with Crippen LogP contribution < -0.4 is 9.44 Å². The van der Waals surface area contributed by atoms with Crippen molar-refractivity contribution >= 4 is 26.0 Å². The molecule has 0 heterocycles. The average molecular weight is 390 g/mol. The highest BCUT2D eigenvalue weighted by atomic mass is 32.2. The third-order valence-corrected chi connectivity index (χ3v) is 5.43. The second-order valence-corrected chi connectivity index (χ2v) is 7.99. The molecule has 1 aromatic rings. The second-order valence-electron chi connectivity index (χ2n) is 4.45. The summed E-state index contributed by atoms with van der Waals surface area (Å²) < 4.78 is 86.4. The van der Waals surface area contributed by atoms with E-state index in [0.717, 1.165) is 24.3 Å². The Labute approximate surface area is 135 Å². The van der Waals surface area contributed by atoms with Gasteiger partial charge in [0.2, 0.25) is 20.0 Å². The smallest absolute Gasteiger partial charge is 0.402 e. The Bertz CT molecular complexity index is 788. The lowest BCUT2D eigenvalue weighted by Crippen LogP contribution is -2.33. The van der Waals surface area contributed by atoms with Gasteiger partial charge in [0.15, 0.2) is 0 Å². The summed E-state index contributed by atoms with van der Waals surface area (Å²) in [5.74, 6) is -1.21. The van der Waals surface area contributed by atoms with E-state index in [9.17, 15) is 34.8 Å². The monoisotopic (exact) mass is 390 g/mol. The van der Waals surface area contributed by atoms with Crippen LogP contribution in [0.2, 0.25) is 0 Å². The maximum Gasteiger partial charge on any atom is 0.402 e. The van der Waals surface area contributed by atoms with Crippen molar-refractivity contribution < 1.29 is 39.9 Å². The summed E-state index contributed by atoms with van der Waals surface area (Å²) in [6.07, 6.45) is -5.18. The number of hydrogen-bond donors (Lipinski definition) is 3. The van der Waals surface area contributed by atoms with Gasteiger partial charge in [-0.3, -0.25) is 4.79 Å². The van der Waals surface area contributed by atoms with Crippen molar-refractivity contribution in [2.45, 2.75) is 22.4 Å². The molecule has 0 spiro atoms. The molecule has 0 aromatic heterocycles. The van der Waals surface area contributed by atoms with Crippen molar-refractivity contribution in [3.63, 3.8) is 0 Å². The molecule has 0 amide bonds. The van der Waals surface area contributed by atoms with E-state index in [1.165, 1.54) is 4.72 Å². The minimum Gasteiger partial charge on any atom is -0.481 e. The summed E-state index contributed by atoms with van der Waals surface area (Å²) in [5, 5.41) is 8.43. The van der Waals surface area contributed by atoms with Crippen LogP contribution >= 0.6 is 0 Å². The number of rotatable bonds is 8. The van der Waals surface area contributed by atoms with Gasteiger partial charge in [-0.2, -0.15) is 13.2 Å². The van der Waals surface area contributed by atoms with Crippen LogP contribution in [0.25, 0.3) is 0 Å². The Kier molecular flexibility index (Phi) is 6.32. The molecule has 0 radical (unpaired) electrons. The quantitative estimate of drug-likeness (QED) is 0.585. The van der Waals surface area contributed by atoms with E-state index in [-0.39, 0.29) is 11.4 Å². The zero-order chi connectivity index (χ0) is 18.6. The van der Waals surface area contributed by atoms with Crippen molar-refractivity contribution in [2.24, 2.45) is 0 Å². The number of nitrogens with one attached hydrogen (secondary N) is 2. The summed E-state index contributed by atoms with van der Waals surface area (Å²) in [4.78, 5) is 9.42. The molecular weight excluding hydrogens is 377 g/mol. The Hall–Kier alpha value is -1.70. The zero-order valence-electron chi connectivity index (χ0n) is 11.9. The molecule has 0 saturated carbocycles. The lowest BCUT2D eigenvalue weighted by Gasteiger charge is -2.10. The number of carboxylic acid groups (broad SMARTS) is 1. The third-order valence-electron chi connectivity index (χ3n) is 2.54. The number of benzene rings is 1. The average Bonchev–Trinajstić information content (AvgIpc) is 2.44. The van der Waals surface area contributed by atoms with Gasteiger partial charge < -0.3 is 5.11 Å². The summed E-state index contributed by atoms with van der Waals surface area (Å²) in [6.45, 7) is -2.13. The van der Waals surface area contributed by atoms with Crippen LogP contribution in [0.5, 0.6) is 0 Å². The molecule has 136 valence electrons. The van der Waals surface area contributed by atoms with Crippen molar-refractivity contribution in [2.75, 3.05) is 13.1 Å². The van der Waals surface area contributed by atoms with Crippen LogP contribution in [0.1, 0.15) is 6.42 Å². The van der Waals surface area contributed by atoms with E-state index >= 15 is 0 Å². The fourth-order valence-electron chi connectivity index (χ4n) is 1.43. The molecule has 0 aliphatic heterocycles. The summed E-state index contributed by atoms with van der Waals surface area (Å²) in [7, 11) is -8.51. The van der Waals surface area contributed by atoms with Crippen molar-refractivity contribution in [1.29, 1.82) is 0 Å². The van der Waals surface area contributed by atoms with E-state index in [1.54, 1.807) is 0 Å². The van der Waals surface area contributed by atoms with E-state index < -0.39 is 50.1 Å². The van der Waals surface area contributed by atoms with E-state index in [4.69, 9.17) is 5.11 Å². The molecule has 0 fully saturated rings. The van der Waals surface area contributed by atoms with Crippen molar-refractivity contribution in [1.82, 2.24) is 9.44 Å². The number of carboxylic acids is 1. The summed E-state index contributed by atoms with van der Waals surface area (Å²) >= 11 is 0. The number of hydrogen-bond acceptors (Lipinski definition) is 5. The van der Waals surface area contributed by atoms with Crippen molar-refractivity contribution in [3.8, 4) is 0 Å². The molecule has 8 nitrogen and oxygen atoms in total. The van der Waals surface area contributed by atoms with Gasteiger partial charge in [0, 0.05) is 6.54 Å². The van der Waals surface area contributed by atoms with E-state index in [2.05, 4.69) is 0 Å². The number of carbonyl (C=O) groups is 1. The predicted molar refractivity (Wildman–Crippen MR) is 75.1 cm³/mol. The fourth-order valence-corrected chi connectivity index (χ4v) is 3.48. The van der Waals surface area contributed by atoms with Gasteiger partial charge in [-0.25, -0.2) is 26.3 Å². The first-order chi connectivity index (χ1) is 10.8. The second kappa shape index (κ2) is 7.46. The van der Waals surface area contributed by atoms with Gasteiger partial charge in [-0.1, -0.05) is 0 Å². The highest BCUT2D eigenvalue weighted by Gasteiger charge is 2.30. The topological polar surface area (TPSA) is 130 Å². The van der Waals surface area contributed by atoms with Gasteiger partial charge in [-0.15, -0.1) is 0 Å². The molecule has 1 rings (SSSR count). The Morgan fingerprint density at radius 3 is 1.75 bits per heavy atom. The number of sulfonamides is 2. The van der Waals surface area contributed by atoms with Crippen molar-refractivity contribution in [3.05, 3.63) is 24.3 Å². The van der Waals surface area contributed by atoms with Gasteiger partial charge in [0.25, 0.3) is 0 Å².